The van der Waals surface area contributed by atoms with Gasteiger partial charge in [0.25, 0.3) is 0 Å². The highest BCUT2D eigenvalue weighted by molar-refractivity contribution is 6.82. The van der Waals surface area contributed by atoms with Gasteiger partial charge in [-0.15, -0.1) is 0 Å². The first-order valence-corrected chi connectivity index (χ1v) is 15.5. The highest BCUT2D eigenvalue weighted by Gasteiger charge is 2.45. The molecular formula is C32H40N2O2Si. The Kier molecular flexibility index (Phi) is 8.13. The monoisotopic (exact) mass is 512 g/mol. The number of aromatic amines is 1. The van der Waals surface area contributed by atoms with Gasteiger partial charge in [0.05, 0.1) is 0 Å². The number of hydrogen-bond acceptors (Lipinski definition) is 2. The van der Waals surface area contributed by atoms with Gasteiger partial charge < -0.3 is 19.1 Å². The summed E-state index contributed by atoms with van der Waals surface area (Å²) in [6.07, 6.45) is 4.18. The summed E-state index contributed by atoms with van der Waals surface area (Å²) < 4.78 is 8.33. The van der Waals surface area contributed by atoms with Crippen molar-refractivity contribution >= 4 is 30.0 Å². The molecule has 5 rings (SSSR count). The molecule has 0 atom stereocenters. The van der Waals surface area contributed by atoms with Crippen molar-refractivity contribution in [3.05, 3.63) is 96.8 Å². The second-order valence-corrected chi connectivity index (χ2v) is 16.5. The molecule has 0 unspecified atom stereocenters. The van der Waals surface area contributed by atoms with E-state index < -0.39 is 8.24 Å². The lowest BCUT2D eigenvalue weighted by molar-refractivity contribution is 0.306. The lowest BCUT2D eigenvalue weighted by Crippen LogP contribution is -2.51. The van der Waals surface area contributed by atoms with Crippen molar-refractivity contribution in [2.24, 2.45) is 0 Å². The molecule has 0 aliphatic carbocycles. The van der Waals surface area contributed by atoms with Crippen molar-refractivity contribution in [3.8, 4) is 11.5 Å². The number of ether oxygens (including phenoxy) is 1. The lowest BCUT2D eigenvalue weighted by Gasteiger charge is -2.44. The smallest absolute Gasteiger partial charge is 0.169 e. The molecule has 4 nitrogen and oxygen atoms in total. The molecule has 0 saturated heterocycles. The Morgan fingerprint density at radius 2 is 1.49 bits per heavy atom. The van der Waals surface area contributed by atoms with Gasteiger partial charge in [0.2, 0.25) is 0 Å². The predicted octanol–water partition coefficient (Wildman–Crippen LogP) is 9.12. The Hall–Kier alpha value is -3.44. The van der Waals surface area contributed by atoms with Crippen molar-refractivity contribution in [1.82, 2.24) is 9.22 Å². The molecule has 0 fully saturated rings. The number of fused-ring (bicyclic) bond motifs is 2. The third-order valence-corrected chi connectivity index (χ3v) is 14.4. The summed E-state index contributed by atoms with van der Waals surface area (Å²) in [5.41, 5.74) is 5.61. The molecule has 5 aromatic rings. The zero-order chi connectivity index (χ0) is 26.6. The number of benzene rings is 3. The fourth-order valence-electron chi connectivity index (χ4n) is 6.16. The molecule has 0 aliphatic rings. The maximum Gasteiger partial charge on any atom is 0.169 e. The van der Waals surface area contributed by atoms with E-state index in [1.807, 2.05) is 48.7 Å². The number of phenols is 1. The standard InChI is InChI=1S/C17H27NOSi.C15H13NO/c1-12(2)20(13(3)4,14(5)6)18-10-9-15-11-16(19)7-8-17(15)18;1-2-4-12(5-3-1)11-17-14-6-7-15-13(10-14)8-9-16-15/h7-14,19H,1-6H3;1-10,16H,11H2. The van der Waals surface area contributed by atoms with Crippen LogP contribution in [0, 0.1) is 0 Å². The minimum atomic E-state index is -1.70. The molecule has 0 amide bonds. The fourth-order valence-corrected chi connectivity index (χ4v) is 12.8. The van der Waals surface area contributed by atoms with Crippen LogP contribution in [-0.4, -0.2) is 22.6 Å². The number of rotatable bonds is 7. The first kappa shape index (κ1) is 26.6. The van der Waals surface area contributed by atoms with Gasteiger partial charge in [-0.3, -0.25) is 0 Å². The van der Waals surface area contributed by atoms with Crippen molar-refractivity contribution < 1.29 is 9.84 Å². The molecule has 0 aliphatic heterocycles. The van der Waals surface area contributed by atoms with E-state index in [1.165, 1.54) is 16.5 Å². The average molecular weight is 513 g/mol. The number of H-pyrrole nitrogens is 1. The summed E-state index contributed by atoms with van der Waals surface area (Å²) in [7, 11) is -1.70. The van der Waals surface area contributed by atoms with E-state index in [9.17, 15) is 5.11 Å². The Labute approximate surface area is 222 Å². The van der Waals surface area contributed by atoms with E-state index in [-0.39, 0.29) is 0 Å². The van der Waals surface area contributed by atoms with E-state index >= 15 is 0 Å². The predicted molar refractivity (Wildman–Crippen MR) is 159 cm³/mol. The second kappa shape index (κ2) is 11.3. The maximum absolute atomic E-state index is 9.67. The summed E-state index contributed by atoms with van der Waals surface area (Å²) in [5.74, 6) is 1.25. The number of aromatic nitrogens is 2. The number of phenolic OH excluding ortho intramolecular Hbond substituents is 1. The third-order valence-electron chi connectivity index (χ3n) is 7.64. The van der Waals surface area contributed by atoms with Crippen LogP contribution in [0.5, 0.6) is 11.5 Å². The molecule has 5 heteroatoms. The Balaban J connectivity index is 0.000000175. The van der Waals surface area contributed by atoms with Crippen molar-refractivity contribution in [2.75, 3.05) is 0 Å². The Bertz CT molecular complexity index is 1410. The largest absolute Gasteiger partial charge is 0.508 e. The summed E-state index contributed by atoms with van der Waals surface area (Å²) in [4.78, 5) is 3.16. The SMILES string of the molecule is CC(C)[Si](C(C)C)(C(C)C)n1ccc2cc(O)ccc21.c1ccc(COc2ccc3[nH]ccc3c2)cc1. The maximum atomic E-state index is 9.67. The Morgan fingerprint density at radius 1 is 0.784 bits per heavy atom. The van der Waals surface area contributed by atoms with Crippen LogP contribution >= 0.6 is 0 Å². The third kappa shape index (κ3) is 5.47. The molecule has 2 N–H and O–H groups in total. The molecule has 194 valence electrons. The van der Waals surface area contributed by atoms with Crippen molar-refractivity contribution in [2.45, 2.75) is 64.8 Å². The van der Waals surface area contributed by atoms with E-state index in [4.69, 9.17) is 4.74 Å². The van der Waals surface area contributed by atoms with Gasteiger partial charge in [-0.1, -0.05) is 71.9 Å². The highest BCUT2D eigenvalue weighted by atomic mass is 28.3. The van der Waals surface area contributed by atoms with Gasteiger partial charge in [0.1, 0.15) is 18.1 Å². The molecule has 37 heavy (non-hydrogen) atoms. The summed E-state index contributed by atoms with van der Waals surface area (Å²) in [6, 6.07) is 26.2. The minimum Gasteiger partial charge on any atom is -0.508 e. The molecule has 0 bridgehead atoms. The fraction of sp³-hybridized carbons (Fsp3) is 0.312. The normalized spacial score (nSPS) is 11.9. The Morgan fingerprint density at radius 3 is 2.16 bits per heavy atom. The molecule has 2 aromatic heterocycles. The van der Waals surface area contributed by atoms with E-state index in [0.29, 0.717) is 29.0 Å². The van der Waals surface area contributed by atoms with E-state index in [0.717, 1.165) is 16.7 Å². The molecule has 3 aromatic carbocycles. The molecule has 0 radical (unpaired) electrons. The van der Waals surface area contributed by atoms with Gasteiger partial charge in [-0.25, -0.2) is 0 Å². The van der Waals surface area contributed by atoms with Crippen molar-refractivity contribution in [3.63, 3.8) is 0 Å². The molecular weight excluding hydrogens is 472 g/mol. The van der Waals surface area contributed by atoms with Gasteiger partial charge in [0, 0.05) is 28.0 Å². The van der Waals surface area contributed by atoms with Crippen LogP contribution < -0.4 is 4.74 Å². The van der Waals surface area contributed by atoms with Crippen LogP contribution in [0.2, 0.25) is 16.6 Å². The lowest BCUT2D eigenvalue weighted by atomic mass is 10.2. The van der Waals surface area contributed by atoms with Crippen LogP contribution in [0.1, 0.15) is 47.1 Å². The first-order valence-electron chi connectivity index (χ1n) is 13.3. The number of aromatic hydroxyl groups is 1. The quantitative estimate of drug-likeness (QED) is 0.214. The van der Waals surface area contributed by atoms with Crippen molar-refractivity contribution in [1.29, 1.82) is 0 Å². The minimum absolute atomic E-state index is 0.348. The molecule has 0 spiro atoms. The number of nitrogens with one attached hydrogen (secondary N) is 1. The number of nitrogens with zero attached hydrogens (tertiary/aromatic N) is 1. The summed E-state index contributed by atoms with van der Waals surface area (Å²) in [6.45, 7) is 14.8. The zero-order valence-electron chi connectivity index (χ0n) is 22.9. The van der Waals surface area contributed by atoms with Crippen LogP contribution in [0.3, 0.4) is 0 Å². The van der Waals surface area contributed by atoms with E-state index in [1.54, 1.807) is 6.07 Å². The summed E-state index contributed by atoms with van der Waals surface area (Å²) in [5, 5.41) is 12.0. The van der Waals surface area contributed by atoms with Gasteiger partial charge >= 0.3 is 0 Å². The van der Waals surface area contributed by atoms with Gasteiger partial charge in [-0.2, -0.15) is 0 Å². The van der Waals surface area contributed by atoms with Gasteiger partial charge in [-0.05, 0) is 76.9 Å². The van der Waals surface area contributed by atoms with E-state index in [2.05, 4.69) is 87.3 Å². The first-order chi connectivity index (χ1) is 17.7. The average Bonchev–Trinajstić information content (AvgIpc) is 3.50. The molecule has 0 saturated carbocycles. The summed E-state index contributed by atoms with van der Waals surface area (Å²) >= 11 is 0. The number of hydrogen-bond donors (Lipinski definition) is 2. The van der Waals surface area contributed by atoms with Crippen LogP contribution in [0.15, 0.2) is 91.3 Å². The van der Waals surface area contributed by atoms with Gasteiger partial charge in [0.15, 0.2) is 8.24 Å². The van der Waals surface area contributed by atoms with Crippen LogP contribution in [0.25, 0.3) is 21.8 Å². The zero-order valence-corrected chi connectivity index (χ0v) is 23.9. The topological polar surface area (TPSA) is 50.2 Å². The second-order valence-electron chi connectivity index (χ2n) is 10.8. The molecule has 2 heterocycles. The van der Waals surface area contributed by atoms with Crippen LogP contribution in [0.4, 0.5) is 0 Å². The highest BCUT2D eigenvalue weighted by Crippen LogP contribution is 2.44. The van der Waals surface area contributed by atoms with Crippen LogP contribution in [-0.2, 0) is 6.61 Å².